The number of nitrogens with two attached hydrogens (primary N) is 1. The van der Waals surface area contributed by atoms with E-state index in [0.717, 1.165) is 25.8 Å². The average molecular weight is 543 g/mol. The third-order valence-corrected chi connectivity index (χ3v) is 6.35. The second-order valence-corrected chi connectivity index (χ2v) is 11.3. The Bertz CT molecular complexity index is 433. The molecule has 6 nitrogen and oxygen atoms in total. The monoisotopic (exact) mass is 543 g/mol. The number of aldehydes is 1. The van der Waals surface area contributed by atoms with Crippen LogP contribution in [0.2, 0.25) is 0 Å². The van der Waals surface area contributed by atoms with Crippen LogP contribution in [0.5, 0.6) is 0 Å². The summed E-state index contributed by atoms with van der Waals surface area (Å²) in [6.45, 7) is 13.9. The largest absolute Gasteiger partial charge is 0.370 e. The lowest BCUT2D eigenvalue weighted by Crippen LogP contribution is -2.22. The Morgan fingerprint density at radius 3 is 1.32 bits per heavy atom. The summed E-state index contributed by atoms with van der Waals surface area (Å²) in [4.78, 5) is 9.50. The van der Waals surface area contributed by atoms with E-state index in [9.17, 15) is 9.90 Å². The first-order valence-corrected chi connectivity index (χ1v) is 16.3. The van der Waals surface area contributed by atoms with Crippen LogP contribution in [0.3, 0.4) is 0 Å². The highest BCUT2D eigenvalue weighted by Crippen LogP contribution is 2.11. The standard InChI is InChI=1S/C16H34N2O.C12H28N2.C4H8O/c1-4-5-6-7-8-9-10-11-12-13-14-17-18-16(19)15(2)3;1-2-3-4-5-6-7-8-9-10-11-12-14-13;1-4(2)3-5/h15-16,19H,4-14H2,1-3H3;14H,2-13H2,1H3;3-4H,1-2H3. The van der Waals surface area contributed by atoms with E-state index in [2.05, 4.69) is 29.5 Å². The first-order valence-electron chi connectivity index (χ1n) is 16.3. The highest BCUT2D eigenvalue weighted by atomic mass is 16.3. The number of hydrogen-bond acceptors (Lipinski definition) is 6. The van der Waals surface area contributed by atoms with Crippen LogP contribution in [0.15, 0.2) is 10.2 Å². The van der Waals surface area contributed by atoms with Crippen LogP contribution in [-0.4, -0.2) is 30.7 Å². The lowest BCUT2D eigenvalue weighted by atomic mass is 10.1. The Hall–Kier alpha value is -0.850. The van der Waals surface area contributed by atoms with Gasteiger partial charge in [0.05, 0.1) is 6.54 Å². The third kappa shape index (κ3) is 45.1. The number of azo groups is 1. The van der Waals surface area contributed by atoms with Gasteiger partial charge in [-0.15, -0.1) is 0 Å². The molecule has 0 saturated heterocycles. The van der Waals surface area contributed by atoms with Gasteiger partial charge in [-0.05, 0) is 12.8 Å². The first kappa shape index (κ1) is 41.6. The van der Waals surface area contributed by atoms with E-state index in [1.165, 1.54) is 122 Å². The van der Waals surface area contributed by atoms with Gasteiger partial charge in [0, 0.05) is 18.4 Å². The van der Waals surface area contributed by atoms with E-state index in [-0.39, 0.29) is 11.8 Å². The molecular formula is C32H70N4O2. The molecule has 0 aromatic carbocycles. The van der Waals surface area contributed by atoms with Crippen molar-refractivity contribution in [2.24, 2.45) is 27.9 Å². The summed E-state index contributed by atoms with van der Waals surface area (Å²) in [6.07, 6.45) is 27.5. The van der Waals surface area contributed by atoms with E-state index in [1.54, 1.807) is 0 Å². The molecule has 0 heterocycles. The van der Waals surface area contributed by atoms with E-state index in [4.69, 9.17) is 5.84 Å². The molecule has 0 aliphatic rings. The molecule has 6 heteroatoms. The van der Waals surface area contributed by atoms with Crippen molar-refractivity contribution < 1.29 is 9.90 Å². The molecule has 38 heavy (non-hydrogen) atoms. The molecule has 0 fully saturated rings. The molecule has 0 aliphatic heterocycles. The van der Waals surface area contributed by atoms with Crippen molar-refractivity contribution in [3.05, 3.63) is 0 Å². The smallest absolute Gasteiger partial charge is 0.167 e. The van der Waals surface area contributed by atoms with Crippen molar-refractivity contribution in [2.75, 3.05) is 13.1 Å². The summed E-state index contributed by atoms with van der Waals surface area (Å²) in [5.74, 6) is 5.55. The highest BCUT2D eigenvalue weighted by Gasteiger charge is 2.05. The van der Waals surface area contributed by atoms with Crippen molar-refractivity contribution in [1.82, 2.24) is 5.43 Å². The predicted molar refractivity (Wildman–Crippen MR) is 167 cm³/mol. The van der Waals surface area contributed by atoms with Gasteiger partial charge in [-0.1, -0.05) is 157 Å². The molecule has 0 spiro atoms. The average Bonchev–Trinajstić information content (AvgIpc) is 2.91. The van der Waals surface area contributed by atoms with Gasteiger partial charge in [0.15, 0.2) is 6.23 Å². The maximum atomic E-state index is 9.50. The maximum absolute atomic E-state index is 9.50. The minimum Gasteiger partial charge on any atom is -0.370 e. The molecule has 230 valence electrons. The molecule has 4 N–H and O–H groups in total. The van der Waals surface area contributed by atoms with Gasteiger partial charge < -0.3 is 9.90 Å². The van der Waals surface area contributed by atoms with E-state index in [1.807, 2.05) is 27.7 Å². The normalized spacial score (nSPS) is 11.8. The van der Waals surface area contributed by atoms with E-state index in [0.29, 0.717) is 0 Å². The van der Waals surface area contributed by atoms with Gasteiger partial charge in [0.1, 0.15) is 6.29 Å². The molecule has 0 aromatic heterocycles. The maximum Gasteiger partial charge on any atom is 0.167 e. The second kappa shape index (κ2) is 38.3. The topological polar surface area (TPSA) is 100 Å². The number of carbonyl (C=O) groups is 1. The number of hydrazine groups is 1. The number of carbonyl (C=O) groups excluding carboxylic acids is 1. The van der Waals surface area contributed by atoms with E-state index >= 15 is 0 Å². The Balaban J connectivity index is -0.000000564. The van der Waals surface area contributed by atoms with Gasteiger partial charge in [-0.25, -0.2) is 0 Å². The van der Waals surface area contributed by atoms with Crippen LogP contribution >= 0.6 is 0 Å². The Morgan fingerprint density at radius 2 is 1.00 bits per heavy atom. The zero-order chi connectivity index (χ0) is 29.1. The molecule has 0 bridgehead atoms. The summed E-state index contributed by atoms with van der Waals surface area (Å²) >= 11 is 0. The molecule has 0 aliphatic carbocycles. The van der Waals surface area contributed by atoms with Crippen LogP contribution in [0, 0.1) is 11.8 Å². The fourth-order valence-corrected chi connectivity index (χ4v) is 3.66. The van der Waals surface area contributed by atoms with Crippen LogP contribution in [0.4, 0.5) is 0 Å². The molecule has 0 saturated carbocycles. The minimum absolute atomic E-state index is 0.163. The van der Waals surface area contributed by atoms with Crippen molar-refractivity contribution in [2.45, 2.75) is 176 Å². The van der Waals surface area contributed by atoms with Crippen molar-refractivity contribution >= 4 is 6.29 Å². The molecule has 0 radical (unpaired) electrons. The van der Waals surface area contributed by atoms with Gasteiger partial charge in [0.2, 0.25) is 0 Å². The number of aliphatic hydroxyl groups is 1. The molecule has 1 atom stereocenters. The highest BCUT2D eigenvalue weighted by molar-refractivity contribution is 5.51. The SMILES string of the molecule is CC(C)C=O.CCCCCCCCCCCCN=NC(O)C(C)C.CCCCCCCCCCCCNN. The summed E-state index contributed by atoms with van der Waals surface area (Å²) < 4.78 is 0. The lowest BCUT2D eigenvalue weighted by molar-refractivity contribution is -0.110. The number of aliphatic hydroxyl groups excluding tert-OH is 1. The lowest BCUT2D eigenvalue weighted by Gasteiger charge is -2.06. The van der Waals surface area contributed by atoms with Gasteiger partial charge in [-0.2, -0.15) is 10.2 Å². The molecule has 1 unspecified atom stereocenters. The summed E-state index contributed by atoms with van der Waals surface area (Å²) in [5, 5.41) is 17.3. The molecule has 0 amide bonds. The fraction of sp³-hybridized carbons (Fsp3) is 0.969. The van der Waals surface area contributed by atoms with Gasteiger partial charge in [-0.3, -0.25) is 11.3 Å². The predicted octanol–water partition coefficient (Wildman–Crippen LogP) is 9.55. The summed E-state index contributed by atoms with van der Waals surface area (Å²) in [5.41, 5.74) is 2.69. The Kier molecular flexibility index (Phi) is 42.0. The quantitative estimate of drug-likeness (QED) is 0.0351. The third-order valence-electron chi connectivity index (χ3n) is 6.35. The first-order chi connectivity index (χ1) is 18.4. The van der Waals surface area contributed by atoms with Gasteiger partial charge in [0.25, 0.3) is 0 Å². The molecule has 0 rings (SSSR count). The molecule has 0 aromatic rings. The van der Waals surface area contributed by atoms with Crippen LogP contribution in [0.1, 0.15) is 170 Å². The summed E-state index contributed by atoms with van der Waals surface area (Å²) in [6, 6.07) is 0. The number of nitrogens with one attached hydrogen (secondary N) is 1. The molecular weight excluding hydrogens is 472 g/mol. The Morgan fingerprint density at radius 1 is 0.658 bits per heavy atom. The number of hydrogen-bond donors (Lipinski definition) is 3. The van der Waals surface area contributed by atoms with Crippen molar-refractivity contribution in [3.63, 3.8) is 0 Å². The number of nitrogens with zero attached hydrogens (tertiary/aromatic N) is 2. The van der Waals surface area contributed by atoms with Crippen LogP contribution < -0.4 is 11.3 Å². The van der Waals surface area contributed by atoms with E-state index < -0.39 is 6.23 Å². The van der Waals surface area contributed by atoms with Crippen molar-refractivity contribution in [1.29, 1.82) is 0 Å². The second-order valence-electron chi connectivity index (χ2n) is 11.3. The minimum atomic E-state index is -0.622. The number of rotatable bonds is 25. The fourth-order valence-electron chi connectivity index (χ4n) is 3.66. The number of unbranched alkanes of at least 4 members (excludes halogenated alkanes) is 18. The summed E-state index contributed by atoms with van der Waals surface area (Å²) in [7, 11) is 0. The zero-order valence-corrected chi connectivity index (χ0v) is 26.7. The van der Waals surface area contributed by atoms with Gasteiger partial charge >= 0.3 is 0 Å². The van der Waals surface area contributed by atoms with Crippen molar-refractivity contribution in [3.8, 4) is 0 Å². The van der Waals surface area contributed by atoms with Crippen LogP contribution in [-0.2, 0) is 4.79 Å². The zero-order valence-electron chi connectivity index (χ0n) is 26.7. The van der Waals surface area contributed by atoms with Crippen LogP contribution in [0.25, 0.3) is 0 Å². The Labute approximate surface area is 238 Å².